The maximum Gasteiger partial charge on any atom is 0.0320 e. The summed E-state index contributed by atoms with van der Waals surface area (Å²) >= 11 is 1.89. The molecular weight excluding hydrogens is 178 g/mol. The molecule has 0 fully saturated rings. The summed E-state index contributed by atoms with van der Waals surface area (Å²) in [5.41, 5.74) is 8.54. The average molecular weight is 191 g/mol. The maximum absolute atomic E-state index is 6.06. The van der Waals surface area contributed by atoms with Crippen LogP contribution >= 0.6 is 11.8 Å². The summed E-state index contributed by atoms with van der Waals surface area (Å²) in [5, 5.41) is 0. The normalized spacial score (nSPS) is 20.8. The summed E-state index contributed by atoms with van der Waals surface area (Å²) in [7, 11) is 0. The number of hydrogen-bond donors (Lipinski definition) is 1. The van der Waals surface area contributed by atoms with Crippen LogP contribution in [0.4, 0.5) is 0 Å². The van der Waals surface area contributed by atoms with Gasteiger partial charge in [0.25, 0.3) is 0 Å². The van der Waals surface area contributed by atoms with Crippen molar-refractivity contribution in [3.05, 3.63) is 35.9 Å². The fourth-order valence-electron chi connectivity index (χ4n) is 1.70. The Morgan fingerprint density at radius 1 is 1.54 bits per heavy atom. The van der Waals surface area contributed by atoms with Crippen LogP contribution in [0.1, 0.15) is 23.6 Å². The maximum atomic E-state index is 6.06. The van der Waals surface area contributed by atoms with Gasteiger partial charge in [0.05, 0.1) is 0 Å². The molecule has 1 aliphatic heterocycles. The zero-order valence-electron chi connectivity index (χ0n) is 7.49. The lowest BCUT2D eigenvalue weighted by atomic mass is 9.98. The van der Waals surface area contributed by atoms with Crippen LogP contribution in [0.2, 0.25) is 0 Å². The highest BCUT2D eigenvalue weighted by Gasteiger charge is 2.18. The van der Waals surface area contributed by atoms with Gasteiger partial charge in [-0.15, -0.1) is 11.8 Å². The Morgan fingerprint density at radius 2 is 2.38 bits per heavy atom. The van der Waals surface area contributed by atoms with Gasteiger partial charge in [0.1, 0.15) is 0 Å². The summed E-state index contributed by atoms with van der Waals surface area (Å²) in [6.07, 6.45) is 2.97. The van der Waals surface area contributed by atoms with Crippen LogP contribution in [0.5, 0.6) is 0 Å². The lowest BCUT2D eigenvalue weighted by Crippen LogP contribution is -2.17. The van der Waals surface area contributed by atoms with Crippen LogP contribution < -0.4 is 5.73 Å². The molecule has 1 aliphatic rings. The monoisotopic (exact) mass is 191 g/mol. The summed E-state index contributed by atoms with van der Waals surface area (Å²) in [4.78, 5) is 1.33. The molecule has 2 heteroatoms. The van der Waals surface area contributed by atoms with Gasteiger partial charge >= 0.3 is 0 Å². The van der Waals surface area contributed by atoms with Gasteiger partial charge in [-0.1, -0.05) is 24.8 Å². The Labute approximate surface area is 83.0 Å². The van der Waals surface area contributed by atoms with E-state index in [0.29, 0.717) is 0 Å². The number of rotatable bonds is 1. The molecule has 0 spiro atoms. The second-order valence-corrected chi connectivity index (χ2v) is 4.34. The molecule has 0 bridgehead atoms. The van der Waals surface area contributed by atoms with Gasteiger partial charge in [0.2, 0.25) is 0 Å². The van der Waals surface area contributed by atoms with E-state index in [9.17, 15) is 0 Å². The largest absolute Gasteiger partial charge is 0.324 e. The second-order valence-electron chi connectivity index (χ2n) is 3.21. The minimum Gasteiger partial charge on any atom is -0.324 e. The Balaban J connectivity index is 2.56. The second kappa shape index (κ2) is 3.56. The Morgan fingerprint density at radius 3 is 3.15 bits per heavy atom. The van der Waals surface area contributed by atoms with Crippen LogP contribution in [0.25, 0.3) is 6.08 Å². The number of fused-ring (bicyclic) bond motifs is 1. The third-order valence-electron chi connectivity index (χ3n) is 2.38. The van der Waals surface area contributed by atoms with Gasteiger partial charge in [-0.3, -0.25) is 0 Å². The molecule has 1 aromatic rings. The smallest absolute Gasteiger partial charge is 0.0320 e. The van der Waals surface area contributed by atoms with Crippen molar-refractivity contribution < 1.29 is 0 Å². The van der Waals surface area contributed by atoms with Crippen LogP contribution in [-0.2, 0) is 0 Å². The summed E-state index contributed by atoms with van der Waals surface area (Å²) in [6.45, 7) is 3.81. The van der Waals surface area contributed by atoms with E-state index in [1.807, 2.05) is 17.8 Å². The molecule has 0 radical (unpaired) electrons. The summed E-state index contributed by atoms with van der Waals surface area (Å²) < 4.78 is 0. The molecule has 0 aliphatic carbocycles. The van der Waals surface area contributed by atoms with Crippen molar-refractivity contribution in [1.29, 1.82) is 0 Å². The van der Waals surface area contributed by atoms with Gasteiger partial charge in [-0.05, 0) is 29.4 Å². The first kappa shape index (κ1) is 8.85. The van der Waals surface area contributed by atoms with Crippen LogP contribution in [0.3, 0.4) is 0 Å². The predicted octanol–water partition coefficient (Wildman–Crippen LogP) is 2.83. The third kappa shape index (κ3) is 1.52. The zero-order valence-corrected chi connectivity index (χ0v) is 8.31. The topological polar surface area (TPSA) is 26.0 Å². The third-order valence-corrected chi connectivity index (χ3v) is 3.48. The number of thioether (sulfide) groups is 1. The first-order valence-electron chi connectivity index (χ1n) is 4.46. The van der Waals surface area contributed by atoms with Crippen molar-refractivity contribution in [1.82, 2.24) is 0 Å². The van der Waals surface area contributed by atoms with Crippen molar-refractivity contribution in [3.63, 3.8) is 0 Å². The molecule has 0 aromatic heterocycles. The SMILES string of the molecule is C=Cc1cccc2c1[C@@H](N)CCS2. The fourth-order valence-corrected chi connectivity index (χ4v) is 2.89. The molecule has 0 unspecified atom stereocenters. The Hall–Kier alpha value is -0.730. The molecule has 2 N–H and O–H groups in total. The minimum atomic E-state index is 0.199. The standard InChI is InChI=1S/C11H13NS/c1-2-8-4-3-5-10-11(8)9(12)6-7-13-10/h2-5,9H,1,6-7,12H2/t9-/m0/s1. The first-order chi connectivity index (χ1) is 6.33. The molecule has 2 rings (SSSR count). The van der Waals surface area contributed by atoms with Gasteiger partial charge in [-0.2, -0.15) is 0 Å². The fraction of sp³-hybridized carbons (Fsp3) is 0.273. The molecular formula is C11H13NS. The van der Waals surface area contributed by atoms with E-state index in [1.165, 1.54) is 16.0 Å². The zero-order chi connectivity index (χ0) is 9.26. The van der Waals surface area contributed by atoms with E-state index in [2.05, 4.69) is 24.8 Å². The molecule has 0 saturated carbocycles. The number of benzene rings is 1. The highest BCUT2D eigenvalue weighted by molar-refractivity contribution is 7.99. The van der Waals surface area contributed by atoms with Crippen LogP contribution in [0, 0.1) is 0 Å². The van der Waals surface area contributed by atoms with Gasteiger partial charge < -0.3 is 5.73 Å². The average Bonchev–Trinajstić information content (AvgIpc) is 2.17. The van der Waals surface area contributed by atoms with E-state index >= 15 is 0 Å². The van der Waals surface area contributed by atoms with Gasteiger partial charge in [0.15, 0.2) is 0 Å². The van der Waals surface area contributed by atoms with Crippen LogP contribution in [-0.4, -0.2) is 5.75 Å². The van der Waals surface area contributed by atoms with Crippen molar-refractivity contribution in [3.8, 4) is 0 Å². The van der Waals surface area contributed by atoms with Gasteiger partial charge in [-0.25, -0.2) is 0 Å². The molecule has 0 amide bonds. The Bertz CT molecular complexity index is 333. The van der Waals surface area contributed by atoms with Crippen molar-refractivity contribution in [2.24, 2.45) is 5.73 Å². The molecule has 1 aromatic carbocycles. The van der Waals surface area contributed by atoms with Crippen LogP contribution in [0.15, 0.2) is 29.7 Å². The highest BCUT2D eigenvalue weighted by atomic mass is 32.2. The molecule has 0 saturated heterocycles. The van der Waals surface area contributed by atoms with Crippen molar-refractivity contribution in [2.45, 2.75) is 17.4 Å². The van der Waals surface area contributed by atoms with E-state index in [0.717, 1.165) is 12.2 Å². The van der Waals surface area contributed by atoms with E-state index in [1.54, 1.807) is 0 Å². The predicted molar refractivity (Wildman–Crippen MR) is 58.8 cm³/mol. The van der Waals surface area contributed by atoms with Gasteiger partial charge in [0, 0.05) is 10.9 Å². The van der Waals surface area contributed by atoms with E-state index < -0.39 is 0 Å². The molecule has 13 heavy (non-hydrogen) atoms. The quantitative estimate of drug-likeness (QED) is 0.738. The summed E-state index contributed by atoms with van der Waals surface area (Å²) in [5.74, 6) is 1.13. The van der Waals surface area contributed by atoms with Crippen molar-refractivity contribution >= 4 is 17.8 Å². The highest BCUT2D eigenvalue weighted by Crippen LogP contribution is 2.37. The molecule has 68 valence electrons. The minimum absolute atomic E-state index is 0.199. The lowest BCUT2D eigenvalue weighted by molar-refractivity contribution is 0.679. The molecule has 1 heterocycles. The van der Waals surface area contributed by atoms with Crippen molar-refractivity contribution in [2.75, 3.05) is 5.75 Å². The number of nitrogens with two attached hydrogens (primary N) is 1. The lowest BCUT2D eigenvalue weighted by Gasteiger charge is -2.23. The Kier molecular flexibility index (Phi) is 2.42. The first-order valence-corrected chi connectivity index (χ1v) is 5.45. The van der Waals surface area contributed by atoms with E-state index in [-0.39, 0.29) is 6.04 Å². The van der Waals surface area contributed by atoms with E-state index in [4.69, 9.17) is 5.73 Å². The molecule has 1 atom stereocenters. The number of hydrogen-bond acceptors (Lipinski definition) is 2. The summed E-state index contributed by atoms with van der Waals surface area (Å²) in [6, 6.07) is 6.50. The molecule has 1 nitrogen and oxygen atoms in total.